The van der Waals surface area contributed by atoms with E-state index in [9.17, 15) is 4.79 Å². The van der Waals surface area contributed by atoms with Crippen molar-refractivity contribution < 1.29 is 9.53 Å². The minimum Gasteiger partial charge on any atom is -0.467 e. The average molecular weight is 253 g/mol. The summed E-state index contributed by atoms with van der Waals surface area (Å²) in [6.45, 7) is 9.67. The molecule has 1 aromatic rings. The molecule has 1 atom stereocenters. The zero-order valence-electron chi connectivity index (χ0n) is 11.9. The zero-order valence-corrected chi connectivity index (χ0v) is 11.9. The number of nitrogens with zero attached hydrogens (tertiary/aromatic N) is 2. The van der Waals surface area contributed by atoms with Crippen molar-refractivity contribution in [3.63, 3.8) is 0 Å². The number of rotatable bonds is 6. The molecule has 102 valence electrons. The summed E-state index contributed by atoms with van der Waals surface area (Å²) < 4.78 is 6.49. The second kappa shape index (κ2) is 6.54. The lowest BCUT2D eigenvalue weighted by molar-refractivity contribution is -0.144. The second-order valence-electron chi connectivity index (χ2n) is 4.47. The van der Waals surface area contributed by atoms with Gasteiger partial charge in [-0.1, -0.05) is 6.92 Å². The third-order valence-electron chi connectivity index (χ3n) is 3.11. The minimum absolute atomic E-state index is 0.270. The molecule has 0 bridgehead atoms. The summed E-state index contributed by atoms with van der Waals surface area (Å²) in [4.78, 5) is 11.5. The van der Waals surface area contributed by atoms with E-state index in [-0.39, 0.29) is 12.0 Å². The number of hydrogen-bond donors (Lipinski definition) is 1. The summed E-state index contributed by atoms with van der Waals surface area (Å²) in [5.41, 5.74) is 3.15. The van der Waals surface area contributed by atoms with Crippen molar-refractivity contribution in [1.29, 1.82) is 0 Å². The lowest BCUT2D eigenvalue weighted by atomic mass is 10.2. The van der Waals surface area contributed by atoms with Crippen LogP contribution < -0.4 is 5.32 Å². The van der Waals surface area contributed by atoms with Crippen LogP contribution in [0.3, 0.4) is 0 Å². The molecule has 0 aliphatic heterocycles. The standard InChI is InChI=1S/C13H23N3O2/c1-6-7-14-8-12-9(2)15-16(10(12)3)11(4)13(17)18-5/h11,14H,6-8H2,1-5H3. The van der Waals surface area contributed by atoms with E-state index >= 15 is 0 Å². The van der Waals surface area contributed by atoms with Gasteiger partial charge in [-0.15, -0.1) is 0 Å². The summed E-state index contributed by atoms with van der Waals surface area (Å²) in [6, 6.07) is -0.381. The van der Waals surface area contributed by atoms with Crippen LogP contribution in [0.2, 0.25) is 0 Å². The molecule has 1 N–H and O–H groups in total. The molecule has 0 spiro atoms. The van der Waals surface area contributed by atoms with E-state index in [1.54, 1.807) is 11.6 Å². The Morgan fingerprint density at radius 3 is 2.72 bits per heavy atom. The van der Waals surface area contributed by atoms with E-state index in [1.165, 1.54) is 12.7 Å². The Kier molecular flexibility index (Phi) is 5.34. The van der Waals surface area contributed by atoms with Gasteiger partial charge in [0.05, 0.1) is 12.8 Å². The predicted octanol–water partition coefficient (Wildman–Crippen LogP) is 1.73. The smallest absolute Gasteiger partial charge is 0.330 e. The maximum Gasteiger partial charge on any atom is 0.330 e. The van der Waals surface area contributed by atoms with E-state index < -0.39 is 0 Å². The molecule has 0 aromatic carbocycles. The third-order valence-corrected chi connectivity index (χ3v) is 3.11. The van der Waals surface area contributed by atoms with Crippen LogP contribution in [0, 0.1) is 13.8 Å². The van der Waals surface area contributed by atoms with Crippen molar-refractivity contribution in [2.24, 2.45) is 0 Å². The summed E-state index contributed by atoms with van der Waals surface area (Å²) >= 11 is 0. The first-order chi connectivity index (χ1) is 8.52. The van der Waals surface area contributed by atoms with Crippen molar-refractivity contribution in [1.82, 2.24) is 15.1 Å². The van der Waals surface area contributed by atoms with Crippen LogP contribution in [0.25, 0.3) is 0 Å². The van der Waals surface area contributed by atoms with E-state index in [0.717, 1.165) is 30.9 Å². The number of hydrogen-bond acceptors (Lipinski definition) is 4. The van der Waals surface area contributed by atoms with Crippen LogP contribution in [0.4, 0.5) is 0 Å². The molecule has 0 aliphatic carbocycles. The molecule has 0 fully saturated rings. The molecular formula is C13H23N3O2. The van der Waals surface area contributed by atoms with Crippen LogP contribution in [0.5, 0.6) is 0 Å². The second-order valence-corrected chi connectivity index (χ2v) is 4.47. The van der Waals surface area contributed by atoms with Gasteiger partial charge in [0.1, 0.15) is 6.04 Å². The Balaban J connectivity index is 2.89. The van der Waals surface area contributed by atoms with Crippen LogP contribution >= 0.6 is 0 Å². The first kappa shape index (κ1) is 14.7. The van der Waals surface area contributed by atoms with Gasteiger partial charge < -0.3 is 10.1 Å². The average Bonchev–Trinajstić information content (AvgIpc) is 2.64. The number of aromatic nitrogens is 2. The molecular weight excluding hydrogens is 230 g/mol. The van der Waals surface area contributed by atoms with E-state index in [2.05, 4.69) is 17.3 Å². The first-order valence-electron chi connectivity index (χ1n) is 6.36. The van der Waals surface area contributed by atoms with Crippen molar-refractivity contribution in [2.75, 3.05) is 13.7 Å². The van der Waals surface area contributed by atoms with Crippen LogP contribution in [-0.4, -0.2) is 29.4 Å². The fraction of sp³-hybridized carbons (Fsp3) is 0.692. The number of methoxy groups -OCH3 is 1. The van der Waals surface area contributed by atoms with Gasteiger partial charge in [-0.3, -0.25) is 4.68 Å². The highest BCUT2D eigenvalue weighted by Crippen LogP contribution is 2.18. The van der Waals surface area contributed by atoms with Crippen LogP contribution in [0.15, 0.2) is 0 Å². The number of nitrogens with one attached hydrogen (secondary N) is 1. The van der Waals surface area contributed by atoms with Crippen molar-refractivity contribution in [3.05, 3.63) is 17.0 Å². The van der Waals surface area contributed by atoms with E-state index in [4.69, 9.17) is 4.74 Å². The highest BCUT2D eigenvalue weighted by atomic mass is 16.5. The Hall–Kier alpha value is -1.36. The number of carbonyl (C=O) groups excluding carboxylic acids is 1. The normalized spacial score (nSPS) is 12.5. The molecule has 0 amide bonds. The molecule has 18 heavy (non-hydrogen) atoms. The molecule has 5 nitrogen and oxygen atoms in total. The highest BCUT2D eigenvalue weighted by Gasteiger charge is 2.21. The van der Waals surface area contributed by atoms with Crippen LogP contribution in [0.1, 0.15) is 43.3 Å². The van der Waals surface area contributed by atoms with Crippen molar-refractivity contribution in [2.45, 2.75) is 46.7 Å². The Labute approximate surface area is 109 Å². The zero-order chi connectivity index (χ0) is 13.7. The van der Waals surface area contributed by atoms with Gasteiger partial charge >= 0.3 is 5.97 Å². The summed E-state index contributed by atoms with van der Waals surface area (Å²) in [5, 5.41) is 7.79. The van der Waals surface area contributed by atoms with Crippen molar-refractivity contribution >= 4 is 5.97 Å². The number of carbonyl (C=O) groups is 1. The van der Waals surface area contributed by atoms with Gasteiger partial charge in [0.25, 0.3) is 0 Å². The Morgan fingerprint density at radius 1 is 1.50 bits per heavy atom. The Morgan fingerprint density at radius 2 is 2.17 bits per heavy atom. The number of aryl methyl sites for hydroxylation is 1. The molecule has 0 saturated heterocycles. The quantitative estimate of drug-likeness (QED) is 0.619. The number of ether oxygens (including phenoxy) is 1. The lowest BCUT2D eigenvalue weighted by Crippen LogP contribution is -2.20. The molecule has 0 radical (unpaired) electrons. The highest BCUT2D eigenvalue weighted by molar-refractivity contribution is 5.73. The number of esters is 1. The topological polar surface area (TPSA) is 56.2 Å². The maximum absolute atomic E-state index is 11.5. The molecule has 0 aliphatic rings. The fourth-order valence-corrected chi connectivity index (χ4v) is 1.99. The third kappa shape index (κ3) is 3.10. The summed E-state index contributed by atoms with van der Waals surface area (Å²) in [7, 11) is 1.40. The van der Waals surface area contributed by atoms with Crippen LogP contribution in [-0.2, 0) is 16.1 Å². The summed E-state index contributed by atoms with van der Waals surface area (Å²) in [5.74, 6) is -0.270. The van der Waals surface area contributed by atoms with Crippen molar-refractivity contribution in [3.8, 4) is 0 Å². The summed E-state index contributed by atoms with van der Waals surface area (Å²) in [6.07, 6.45) is 1.10. The molecule has 1 heterocycles. The minimum atomic E-state index is -0.381. The molecule has 5 heteroatoms. The fourth-order valence-electron chi connectivity index (χ4n) is 1.99. The molecule has 1 rings (SSSR count). The first-order valence-corrected chi connectivity index (χ1v) is 6.36. The van der Waals surface area contributed by atoms with Gasteiger partial charge in [-0.05, 0) is 33.7 Å². The predicted molar refractivity (Wildman–Crippen MR) is 70.4 cm³/mol. The maximum atomic E-state index is 11.5. The molecule has 0 saturated carbocycles. The lowest BCUT2D eigenvalue weighted by Gasteiger charge is -2.12. The van der Waals surface area contributed by atoms with Gasteiger partial charge in [-0.2, -0.15) is 5.10 Å². The Bertz CT molecular complexity index is 413. The SMILES string of the molecule is CCCNCc1c(C)nn(C(C)C(=O)OC)c1C. The van der Waals surface area contributed by atoms with E-state index in [1.807, 2.05) is 13.8 Å². The van der Waals surface area contributed by atoms with Gasteiger partial charge in [0.2, 0.25) is 0 Å². The van der Waals surface area contributed by atoms with Gasteiger partial charge in [0, 0.05) is 17.8 Å². The molecule has 1 aromatic heterocycles. The van der Waals surface area contributed by atoms with E-state index in [0.29, 0.717) is 0 Å². The van der Waals surface area contributed by atoms with Gasteiger partial charge in [0.15, 0.2) is 0 Å². The van der Waals surface area contributed by atoms with Gasteiger partial charge in [-0.25, -0.2) is 4.79 Å². The largest absolute Gasteiger partial charge is 0.467 e. The monoisotopic (exact) mass is 253 g/mol. The molecule has 1 unspecified atom stereocenters.